The van der Waals surface area contributed by atoms with Crippen molar-refractivity contribution in [2.75, 3.05) is 38.6 Å². The Hall–Kier alpha value is -0.610. The molecule has 0 aliphatic rings. The Morgan fingerprint density at radius 1 is 1.19 bits per heavy atom. The van der Waals surface area contributed by atoms with Crippen LogP contribution in [0.2, 0.25) is 0 Å². The highest BCUT2D eigenvalue weighted by Crippen LogP contribution is 2.18. The van der Waals surface area contributed by atoms with Gasteiger partial charge in [0.05, 0.1) is 11.9 Å². The number of halogens is 1. The molecule has 0 aliphatic carbocycles. The Bertz CT molecular complexity index is 315. The van der Waals surface area contributed by atoms with E-state index in [1.54, 1.807) is 0 Å². The number of likely N-dealkylation sites (N-methyl/N-ethyl adjacent to an activating group) is 1. The van der Waals surface area contributed by atoms with E-state index in [2.05, 4.69) is 57.8 Å². The molecule has 90 valence electrons. The zero-order valence-corrected chi connectivity index (χ0v) is 11.9. The van der Waals surface area contributed by atoms with Gasteiger partial charge in [-0.25, -0.2) is 0 Å². The first kappa shape index (κ1) is 13.5. The second-order valence-electron chi connectivity index (χ2n) is 4.15. The fraction of sp³-hybridized carbons (Fsp3) is 0.583. The number of pyridine rings is 1. The standard InChI is InChI=1S/C12H20BrN3/c1-4-5-16(7-6-15(2)3)12-8-11(13)9-14-10-12/h8-10H,4-7H2,1-3H3. The van der Waals surface area contributed by atoms with Gasteiger partial charge in [0.1, 0.15) is 0 Å². The van der Waals surface area contributed by atoms with Gasteiger partial charge in [0.15, 0.2) is 0 Å². The summed E-state index contributed by atoms with van der Waals surface area (Å²) in [4.78, 5) is 8.79. The van der Waals surface area contributed by atoms with E-state index in [1.807, 2.05) is 12.4 Å². The molecule has 3 nitrogen and oxygen atoms in total. The molecule has 0 N–H and O–H groups in total. The minimum atomic E-state index is 1.04. The highest BCUT2D eigenvalue weighted by molar-refractivity contribution is 9.10. The molecule has 0 spiro atoms. The molecule has 4 heteroatoms. The van der Waals surface area contributed by atoms with E-state index in [9.17, 15) is 0 Å². The smallest absolute Gasteiger partial charge is 0.0564 e. The largest absolute Gasteiger partial charge is 0.369 e. The molecule has 1 rings (SSSR count). The van der Waals surface area contributed by atoms with Crippen LogP contribution in [0.15, 0.2) is 22.9 Å². The van der Waals surface area contributed by atoms with E-state index >= 15 is 0 Å². The molecule has 0 amide bonds. The van der Waals surface area contributed by atoms with Gasteiger partial charge in [-0.2, -0.15) is 0 Å². The molecule has 1 aromatic heterocycles. The summed E-state index contributed by atoms with van der Waals surface area (Å²) < 4.78 is 1.04. The average Bonchev–Trinajstić information content (AvgIpc) is 2.24. The SMILES string of the molecule is CCCN(CCN(C)C)c1cncc(Br)c1. The number of hydrogen-bond donors (Lipinski definition) is 0. The van der Waals surface area contributed by atoms with Gasteiger partial charge in [-0.05, 0) is 42.5 Å². The van der Waals surface area contributed by atoms with Crippen LogP contribution >= 0.6 is 15.9 Å². The summed E-state index contributed by atoms with van der Waals surface area (Å²) in [5.41, 5.74) is 1.19. The van der Waals surface area contributed by atoms with Crippen molar-refractivity contribution in [2.45, 2.75) is 13.3 Å². The maximum absolute atomic E-state index is 4.21. The second-order valence-corrected chi connectivity index (χ2v) is 5.07. The van der Waals surface area contributed by atoms with Crippen LogP contribution in [0, 0.1) is 0 Å². The van der Waals surface area contributed by atoms with Gasteiger partial charge >= 0.3 is 0 Å². The van der Waals surface area contributed by atoms with Gasteiger partial charge in [0, 0.05) is 30.3 Å². The Labute approximate surface area is 107 Å². The number of hydrogen-bond acceptors (Lipinski definition) is 3. The van der Waals surface area contributed by atoms with Crippen molar-refractivity contribution in [3.8, 4) is 0 Å². The third kappa shape index (κ3) is 4.49. The fourth-order valence-electron chi connectivity index (χ4n) is 1.53. The van der Waals surface area contributed by atoms with Crippen molar-refractivity contribution >= 4 is 21.6 Å². The van der Waals surface area contributed by atoms with Crippen LogP contribution in [0.3, 0.4) is 0 Å². The molecule has 0 atom stereocenters. The summed E-state index contributed by atoms with van der Waals surface area (Å²) in [6.07, 6.45) is 4.90. The van der Waals surface area contributed by atoms with Gasteiger partial charge < -0.3 is 9.80 Å². The molecule has 0 saturated carbocycles. The summed E-state index contributed by atoms with van der Waals surface area (Å²) in [5, 5.41) is 0. The molecular weight excluding hydrogens is 266 g/mol. The zero-order valence-electron chi connectivity index (χ0n) is 10.3. The van der Waals surface area contributed by atoms with Gasteiger partial charge in [0.25, 0.3) is 0 Å². The van der Waals surface area contributed by atoms with Crippen LogP contribution in [0.5, 0.6) is 0 Å². The van der Waals surface area contributed by atoms with Crippen molar-refractivity contribution < 1.29 is 0 Å². The molecule has 0 fully saturated rings. The predicted molar refractivity (Wildman–Crippen MR) is 73.0 cm³/mol. The quantitative estimate of drug-likeness (QED) is 0.801. The first-order chi connectivity index (χ1) is 7.63. The van der Waals surface area contributed by atoms with Gasteiger partial charge in [0.2, 0.25) is 0 Å². The van der Waals surface area contributed by atoms with E-state index < -0.39 is 0 Å². The summed E-state index contributed by atoms with van der Waals surface area (Å²) in [6.45, 7) is 5.38. The van der Waals surface area contributed by atoms with Crippen molar-refractivity contribution in [3.63, 3.8) is 0 Å². The summed E-state index contributed by atoms with van der Waals surface area (Å²) in [5.74, 6) is 0. The van der Waals surface area contributed by atoms with Crippen molar-refractivity contribution in [3.05, 3.63) is 22.9 Å². The first-order valence-electron chi connectivity index (χ1n) is 5.63. The van der Waals surface area contributed by atoms with Crippen molar-refractivity contribution in [1.29, 1.82) is 0 Å². The zero-order chi connectivity index (χ0) is 12.0. The van der Waals surface area contributed by atoms with Crippen molar-refractivity contribution in [1.82, 2.24) is 9.88 Å². The molecule has 0 saturated heterocycles. The molecule has 1 heterocycles. The normalized spacial score (nSPS) is 10.8. The number of nitrogens with zero attached hydrogens (tertiary/aromatic N) is 3. The monoisotopic (exact) mass is 285 g/mol. The van der Waals surface area contributed by atoms with E-state index in [-0.39, 0.29) is 0 Å². The molecule has 0 radical (unpaired) electrons. The van der Waals surface area contributed by atoms with E-state index in [0.717, 1.165) is 30.5 Å². The molecular formula is C12H20BrN3. The number of rotatable bonds is 6. The highest BCUT2D eigenvalue weighted by Gasteiger charge is 2.06. The molecule has 1 aromatic rings. The fourth-order valence-corrected chi connectivity index (χ4v) is 1.89. The maximum atomic E-state index is 4.21. The third-order valence-corrected chi connectivity index (χ3v) is 2.80. The molecule has 0 aliphatic heterocycles. The minimum absolute atomic E-state index is 1.04. The van der Waals surface area contributed by atoms with Gasteiger partial charge in [-0.15, -0.1) is 0 Å². The van der Waals surface area contributed by atoms with Crippen molar-refractivity contribution in [2.24, 2.45) is 0 Å². The Balaban J connectivity index is 2.68. The van der Waals surface area contributed by atoms with Gasteiger partial charge in [-0.3, -0.25) is 4.98 Å². The summed E-state index contributed by atoms with van der Waals surface area (Å²) >= 11 is 3.46. The van der Waals surface area contributed by atoms with E-state index in [4.69, 9.17) is 0 Å². The highest BCUT2D eigenvalue weighted by atomic mass is 79.9. The second kappa shape index (κ2) is 6.86. The summed E-state index contributed by atoms with van der Waals surface area (Å²) in [7, 11) is 4.20. The van der Waals surface area contributed by atoms with Crippen LogP contribution in [0.25, 0.3) is 0 Å². The van der Waals surface area contributed by atoms with Crippen LogP contribution in [0.4, 0.5) is 5.69 Å². The van der Waals surface area contributed by atoms with Gasteiger partial charge in [-0.1, -0.05) is 6.92 Å². The predicted octanol–water partition coefficient (Wildman–Crippen LogP) is 2.62. The Kier molecular flexibility index (Phi) is 5.77. The van der Waals surface area contributed by atoms with Crippen LogP contribution in [-0.4, -0.2) is 43.6 Å². The Morgan fingerprint density at radius 3 is 2.50 bits per heavy atom. The number of aromatic nitrogens is 1. The maximum Gasteiger partial charge on any atom is 0.0564 e. The van der Waals surface area contributed by atoms with Crippen LogP contribution in [0.1, 0.15) is 13.3 Å². The van der Waals surface area contributed by atoms with Crippen LogP contribution in [-0.2, 0) is 0 Å². The topological polar surface area (TPSA) is 19.4 Å². The minimum Gasteiger partial charge on any atom is -0.369 e. The first-order valence-corrected chi connectivity index (χ1v) is 6.43. The Morgan fingerprint density at radius 2 is 1.94 bits per heavy atom. The lowest BCUT2D eigenvalue weighted by Crippen LogP contribution is -2.32. The molecule has 0 unspecified atom stereocenters. The third-order valence-electron chi connectivity index (χ3n) is 2.37. The molecule has 16 heavy (non-hydrogen) atoms. The lowest BCUT2D eigenvalue weighted by atomic mass is 10.3. The van der Waals surface area contributed by atoms with E-state index in [0.29, 0.717) is 0 Å². The molecule has 0 bridgehead atoms. The summed E-state index contributed by atoms with van der Waals surface area (Å²) in [6, 6.07) is 2.12. The number of anilines is 1. The molecule has 0 aromatic carbocycles. The lowest BCUT2D eigenvalue weighted by molar-refractivity contribution is 0.413. The average molecular weight is 286 g/mol. The van der Waals surface area contributed by atoms with E-state index in [1.165, 1.54) is 5.69 Å². The van der Waals surface area contributed by atoms with Crippen LogP contribution < -0.4 is 4.90 Å². The lowest BCUT2D eigenvalue weighted by Gasteiger charge is -2.25.